The molecule has 1 aliphatic rings. The van der Waals surface area contributed by atoms with Crippen molar-refractivity contribution in [3.8, 4) is 0 Å². The maximum absolute atomic E-state index is 11.9. The predicted octanol–water partition coefficient (Wildman–Crippen LogP) is 3.73. The summed E-state index contributed by atoms with van der Waals surface area (Å²) in [6, 6.07) is 8.09. The van der Waals surface area contributed by atoms with E-state index >= 15 is 0 Å². The minimum atomic E-state index is -0.479. The lowest BCUT2D eigenvalue weighted by molar-refractivity contribution is 0.0465. The molecule has 0 heterocycles. The Bertz CT molecular complexity index is 479. The Morgan fingerprint density at radius 3 is 2.45 bits per heavy atom. The van der Waals surface area contributed by atoms with E-state index in [9.17, 15) is 4.79 Å². The Morgan fingerprint density at radius 1 is 1.20 bits per heavy atom. The van der Waals surface area contributed by atoms with Crippen LogP contribution >= 0.6 is 0 Å². The fourth-order valence-electron chi connectivity index (χ4n) is 2.60. The number of methoxy groups -OCH3 is 1. The smallest absolute Gasteiger partial charge is 0.408 e. The number of alkyl carbamates (subject to hydrolysis) is 1. The molecule has 110 valence electrons. The van der Waals surface area contributed by atoms with Gasteiger partial charge in [-0.2, -0.15) is 0 Å². The fourth-order valence-corrected chi connectivity index (χ4v) is 2.60. The van der Waals surface area contributed by atoms with E-state index in [1.165, 1.54) is 0 Å². The molecule has 4 heteroatoms. The monoisotopic (exact) mass is 277 g/mol. The quantitative estimate of drug-likeness (QED) is 0.896. The van der Waals surface area contributed by atoms with Crippen molar-refractivity contribution in [2.75, 3.05) is 7.11 Å². The first-order valence-corrected chi connectivity index (χ1v) is 7.02. The van der Waals surface area contributed by atoms with Crippen molar-refractivity contribution < 1.29 is 14.3 Å². The molecule has 2 rings (SSSR count). The summed E-state index contributed by atoms with van der Waals surface area (Å²) in [5, 5.41) is 2.96. The maximum atomic E-state index is 11.9. The second-order valence-electron chi connectivity index (χ2n) is 6.13. The van der Waals surface area contributed by atoms with Crippen LogP contribution in [0.1, 0.15) is 56.9 Å². The van der Waals surface area contributed by atoms with Gasteiger partial charge in [-0.1, -0.05) is 24.3 Å². The highest BCUT2D eigenvalue weighted by Crippen LogP contribution is 2.37. The van der Waals surface area contributed by atoms with Gasteiger partial charge in [-0.25, -0.2) is 4.79 Å². The largest absolute Gasteiger partial charge is 0.444 e. The molecule has 2 atom stereocenters. The molecule has 1 N–H and O–H groups in total. The van der Waals surface area contributed by atoms with E-state index < -0.39 is 5.60 Å². The molecule has 20 heavy (non-hydrogen) atoms. The third-order valence-electron chi connectivity index (χ3n) is 3.41. The summed E-state index contributed by atoms with van der Waals surface area (Å²) in [6.45, 7) is 5.59. The standard InChI is InChI=1S/C16H23NO3/c1-16(2,3)20-15(18)17-13-9-10-14(19-4)12-8-6-5-7-11(12)13/h5-8,13-14H,9-10H2,1-4H3,(H,17,18)/t13-,14-/m0/s1. The molecule has 4 nitrogen and oxygen atoms in total. The third kappa shape index (κ3) is 3.51. The second kappa shape index (κ2) is 5.83. The zero-order valence-corrected chi connectivity index (χ0v) is 12.6. The molecule has 0 aliphatic heterocycles. The van der Waals surface area contributed by atoms with Gasteiger partial charge < -0.3 is 14.8 Å². The Morgan fingerprint density at radius 2 is 1.85 bits per heavy atom. The van der Waals surface area contributed by atoms with Crippen LogP contribution in [0.15, 0.2) is 24.3 Å². The number of ether oxygens (including phenoxy) is 2. The SMILES string of the molecule is CO[C@H]1CC[C@H](NC(=O)OC(C)(C)C)c2ccccc21. The summed E-state index contributed by atoms with van der Waals surface area (Å²) in [7, 11) is 1.73. The predicted molar refractivity (Wildman–Crippen MR) is 77.5 cm³/mol. The van der Waals surface area contributed by atoms with Crippen molar-refractivity contribution in [2.24, 2.45) is 0 Å². The molecular weight excluding hydrogens is 254 g/mol. The normalized spacial score (nSPS) is 22.0. The van der Waals surface area contributed by atoms with Crippen LogP contribution < -0.4 is 5.32 Å². The molecule has 0 saturated heterocycles. The van der Waals surface area contributed by atoms with Crippen LogP contribution in [0.4, 0.5) is 4.79 Å². The van der Waals surface area contributed by atoms with Crippen molar-refractivity contribution in [1.29, 1.82) is 0 Å². The third-order valence-corrected chi connectivity index (χ3v) is 3.41. The number of nitrogens with one attached hydrogen (secondary N) is 1. The molecule has 0 aromatic heterocycles. The Labute approximate surface area is 120 Å². The summed E-state index contributed by atoms with van der Waals surface area (Å²) in [5.74, 6) is 0. The Balaban J connectivity index is 2.12. The zero-order chi connectivity index (χ0) is 14.8. The van der Waals surface area contributed by atoms with Gasteiger partial charge in [0.2, 0.25) is 0 Å². The summed E-state index contributed by atoms with van der Waals surface area (Å²) >= 11 is 0. The zero-order valence-electron chi connectivity index (χ0n) is 12.6. The molecular formula is C16H23NO3. The molecule has 0 spiro atoms. The average molecular weight is 277 g/mol. The van der Waals surface area contributed by atoms with Gasteiger partial charge in [0, 0.05) is 7.11 Å². The van der Waals surface area contributed by atoms with E-state index in [2.05, 4.69) is 11.4 Å². The van der Waals surface area contributed by atoms with Crippen LogP contribution in [0.3, 0.4) is 0 Å². The number of hydrogen-bond acceptors (Lipinski definition) is 3. The lowest BCUT2D eigenvalue weighted by atomic mass is 9.86. The van der Waals surface area contributed by atoms with Crippen LogP contribution in [0.2, 0.25) is 0 Å². The van der Waals surface area contributed by atoms with E-state index in [0.717, 1.165) is 24.0 Å². The molecule has 1 aromatic rings. The lowest BCUT2D eigenvalue weighted by Gasteiger charge is -2.31. The van der Waals surface area contributed by atoms with Gasteiger partial charge in [0.1, 0.15) is 5.60 Å². The number of benzene rings is 1. The highest BCUT2D eigenvalue weighted by Gasteiger charge is 2.29. The summed E-state index contributed by atoms with van der Waals surface area (Å²) in [4.78, 5) is 11.9. The molecule has 1 aliphatic carbocycles. The minimum absolute atomic E-state index is 0.00699. The lowest BCUT2D eigenvalue weighted by Crippen LogP contribution is -2.36. The van der Waals surface area contributed by atoms with Crippen molar-refractivity contribution in [2.45, 2.75) is 51.4 Å². The Hall–Kier alpha value is -1.55. The van der Waals surface area contributed by atoms with Crippen LogP contribution in [-0.4, -0.2) is 18.8 Å². The molecule has 1 amide bonds. The highest BCUT2D eigenvalue weighted by atomic mass is 16.6. The molecule has 0 saturated carbocycles. The number of hydrogen-bond donors (Lipinski definition) is 1. The second-order valence-corrected chi connectivity index (χ2v) is 6.13. The first-order chi connectivity index (χ1) is 9.40. The number of fused-ring (bicyclic) bond motifs is 1. The first-order valence-electron chi connectivity index (χ1n) is 7.02. The maximum Gasteiger partial charge on any atom is 0.408 e. The number of carbonyl (C=O) groups is 1. The first kappa shape index (κ1) is 14.9. The average Bonchev–Trinajstić information content (AvgIpc) is 2.37. The summed E-state index contributed by atoms with van der Waals surface area (Å²) < 4.78 is 10.8. The molecule has 0 bridgehead atoms. The van der Waals surface area contributed by atoms with Crippen molar-refractivity contribution in [3.63, 3.8) is 0 Å². The summed E-state index contributed by atoms with van der Waals surface area (Å²) in [6.07, 6.45) is 1.50. The van der Waals surface area contributed by atoms with E-state index in [1.54, 1.807) is 7.11 Å². The number of amides is 1. The molecule has 0 unspecified atom stereocenters. The van der Waals surface area contributed by atoms with Crippen molar-refractivity contribution in [1.82, 2.24) is 5.32 Å². The van der Waals surface area contributed by atoms with E-state index in [-0.39, 0.29) is 18.2 Å². The molecule has 0 fully saturated rings. The molecule has 0 radical (unpaired) electrons. The van der Waals surface area contributed by atoms with Gasteiger partial charge in [-0.05, 0) is 44.7 Å². The number of rotatable bonds is 2. The van der Waals surface area contributed by atoms with E-state index in [1.807, 2.05) is 39.0 Å². The molecule has 1 aromatic carbocycles. The van der Waals surface area contributed by atoms with Gasteiger partial charge in [-0.15, -0.1) is 0 Å². The van der Waals surface area contributed by atoms with Crippen LogP contribution in [0, 0.1) is 0 Å². The fraction of sp³-hybridized carbons (Fsp3) is 0.562. The van der Waals surface area contributed by atoms with Gasteiger partial charge in [-0.3, -0.25) is 0 Å². The number of carbonyl (C=O) groups excluding carboxylic acids is 1. The van der Waals surface area contributed by atoms with Gasteiger partial charge in [0.15, 0.2) is 0 Å². The summed E-state index contributed by atoms with van der Waals surface area (Å²) in [5.41, 5.74) is 1.80. The van der Waals surface area contributed by atoms with Gasteiger partial charge in [0.05, 0.1) is 12.1 Å². The van der Waals surface area contributed by atoms with Crippen molar-refractivity contribution in [3.05, 3.63) is 35.4 Å². The van der Waals surface area contributed by atoms with E-state index in [0.29, 0.717) is 0 Å². The van der Waals surface area contributed by atoms with Gasteiger partial charge >= 0.3 is 6.09 Å². The highest BCUT2D eigenvalue weighted by molar-refractivity contribution is 5.68. The Kier molecular flexibility index (Phi) is 4.33. The van der Waals surface area contributed by atoms with Crippen LogP contribution in [0.25, 0.3) is 0 Å². The topological polar surface area (TPSA) is 47.6 Å². The van der Waals surface area contributed by atoms with Gasteiger partial charge in [0.25, 0.3) is 0 Å². The van der Waals surface area contributed by atoms with Crippen molar-refractivity contribution >= 4 is 6.09 Å². The van der Waals surface area contributed by atoms with Crippen LogP contribution in [-0.2, 0) is 9.47 Å². The van der Waals surface area contributed by atoms with E-state index in [4.69, 9.17) is 9.47 Å². The van der Waals surface area contributed by atoms with Crippen LogP contribution in [0.5, 0.6) is 0 Å². The minimum Gasteiger partial charge on any atom is -0.444 e.